The van der Waals surface area contributed by atoms with E-state index in [1.807, 2.05) is 19.0 Å². The fraction of sp³-hybridized carbons (Fsp3) is 0.692. The van der Waals surface area contributed by atoms with Gasteiger partial charge in [-0.3, -0.25) is 0 Å². The van der Waals surface area contributed by atoms with Crippen LogP contribution in [-0.4, -0.2) is 54.9 Å². The lowest BCUT2D eigenvalue weighted by Gasteiger charge is -2.10. The molecule has 0 radical (unpaired) electrons. The molecular weight excluding hydrogens is 258 g/mol. The third-order valence-electron chi connectivity index (χ3n) is 3.40. The van der Waals surface area contributed by atoms with E-state index >= 15 is 0 Å². The van der Waals surface area contributed by atoms with E-state index in [1.165, 1.54) is 20.0 Å². The van der Waals surface area contributed by atoms with Crippen LogP contribution in [0.2, 0.25) is 0 Å². The van der Waals surface area contributed by atoms with E-state index in [4.69, 9.17) is 10.5 Å². The van der Waals surface area contributed by atoms with Crippen molar-refractivity contribution in [3.05, 3.63) is 5.56 Å². The van der Waals surface area contributed by atoms with Gasteiger partial charge in [0.05, 0.1) is 13.7 Å². The number of nitrogens with one attached hydrogen (secondary N) is 1. The maximum absolute atomic E-state index is 11.9. The Hall–Kier alpha value is -1.76. The van der Waals surface area contributed by atoms with Crippen LogP contribution in [0.5, 0.6) is 0 Å². The number of aromatic nitrogens is 2. The zero-order chi connectivity index (χ0) is 14.7. The zero-order valence-corrected chi connectivity index (χ0v) is 12.3. The van der Waals surface area contributed by atoms with Gasteiger partial charge in [-0.05, 0) is 32.9 Å². The van der Waals surface area contributed by atoms with Crippen LogP contribution in [0.1, 0.15) is 23.2 Å². The number of likely N-dealkylation sites (N-methyl/N-ethyl adjacent to an activating group) is 1. The summed E-state index contributed by atoms with van der Waals surface area (Å²) in [5, 5.41) is 7.62. The van der Waals surface area contributed by atoms with Crippen LogP contribution in [0, 0.1) is 5.92 Å². The van der Waals surface area contributed by atoms with Crippen LogP contribution in [-0.2, 0) is 11.3 Å². The van der Waals surface area contributed by atoms with Crippen molar-refractivity contribution >= 4 is 17.6 Å². The van der Waals surface area contributed by atoms with Gasteiger partial charge in [-0.15, -0.1) is 0 Å². The van der Waals surface area contributed by atoms with Crippen LogP contribution in [0.4, 0.5) is 11.6 Å². The quantitative estimate of drug-likeness (QED) is 0.713. The number of hydrogen-bond donors (Lipinski definition) is 2. The molecule has 1 aliphatic rings. The molecule has 0 unspecified atom stereocenters. The second-order valence-corrected chi connectivity index (χ2v) is 5.45. The van der Waals surface area contributed by atoms with Gasteiger partial charge < -0.3 is 20.7 Å². The lowest BCUT2D eigenvalue weighted by molar-refractivity contribution is 0.0603. The minimum Gasteiger partial charge on any atom is -0.465 e. The van der Waals surface area contributed by atoms with Crippen molar-refractivity contribution in [1.29, 1.82) is 0 Å². The van der Waals surface area contributed by atoms with Gasteiger partial charge >= 0.3 is 5.97 Å². The van der Waals surface area contributed by atoms with Gasteiger partial charge in [0.2, 0.25) is 0 Å². The topological polar surface area (TPSA) is 85.4 Å². The van der Waals surface area contributed by atoms with Gasteiger partial charge in [-0.25, -0.2) is 9.48 Å². The average molecular weight is 281 g/mol. The Labute approximate surface area is 119 Å². The Morgan fingerprint density at radius 1 is 1.55 bits per heavy atom. The Morgan fingerprint density at radius 2 is 2.25 bits per heavy atom. The number of carbonyl (C=O) groups is 1. The Balaban J connectivity index is 2.17. The summed E-state index contributed by atoms with van der Waals surface area (Å²) in [5.74, 6) is 1.13. The van der Waals surface area contributed by atoms with Gasteiger partial charge in [0.1, 0.15) is 11.4 Å². The Morgan fingerprint density at radius 3 is 2.80 bits per heavy atom. The molecule has 112 valence electrons. The van der Waals surface area contributed by atoms with Crippen molar-refractivity contribution < 1.29 is 9.53 Å². The van der Waals surface area contributed by atoms with E-state index < -0.39 is 5.97 Å². The molecule has 1 heterocycles. The summed E-state index contributed by atoms with van der Waals surface area (Å²) in [7, 11) is 5.31. The minimum atomic E-state index is -0.447. The predicted molar refractivity (Wildman–Crippen MR) is 77.7 cm³/mol. The highest BCUT2D eigenvalue weighted by molar-refractivity contribution is 5.99. The summed E-state index contributed by atoms with van der Waals surface area (Å²) in [6, 6.07) is 0. The largest absolute Gasteiger partial charge is 0.465 e. The minimum absolute atomic E-state index is 0.340. The standard InChI is InChI=1S/C13H23N5O2/c1-17(2)6-7-18-11(14)10(13(19)20-3)12(16-18)15-8-9-4-5-9/h9H,4-8,14H2,1-3H3,(H,15,16). The Kier molecular flexibility index (Phi) is 4.49. The monoisotopic (exact) mass is 281 g/mol. The van der Waals surface area contributed by atoms with Gasteiger partial charge in [-0.1, -0.05) is 0 Å². The van der Waals surface area contributed by atoms with E-state index in [0.717, 1.165) is 13.1 Å². The number of nitrogens with zero attached hydrogens (tertiary/aromatic N) is 3. The van der Waals surface area contributed by atoms with Crippen LogP contribution in [0.25, 0.3) is 0 Å². The fourth-order valence-corrected chi connectivity index (χ4v) is 1.93. The molecule has 0 spiro atoms. The van der Waals surface area contributed by atoms with Crippen molar-refractivity contribution in [2.24, 2.45) is 5.92 Å². The van der Waals surface area contributed by atoms with Crippen LogP contribution < -0.4 is 11.1 Å². The molecular formula is C13H23N5O2. The summed E-state index contributed by atoms with van der Waals surface area (Å²) in [6.45, 7) is 2.26. The first-order chi connectivity index (χ1) is 9.52. The molecule has 1 aromatic heterocycles. The van der Waals surface area contributed by atoms with Gasteiger partial charge in [-0.2, -0.15) is 5.10 Å². The van der Waals surface area contributed by atoms with Crippen molar-refractivity contribution in [1.82, 2.24) is 14.7 Å². The van der Waals surface area contributed by atoms with Crippen molar-refractivity contribution in [3.63, 3.8) is 0 Å². The first kappa shape index (κ1) is 14.6. The van der Waals surface area contributed by atoms with Crippen molar-refractivity contribution in [2.75, 3.05) is 45.3 Å². The van der Waals surface area contributed by atoms with Crippen LogP contribution in [0.3, 0.4) is 0 Å². The molecule has 3 N–H and O–H groups in total. The number of anilines is 2. The number of rotatable bonds is 7. The number of carbonyl (C=O) groups excluding carboxylic acids is 1. The summed E-state index contributed by atoms with van der Waals surface area (Å²) >= 11 is 0. The lowest BCUT2D eigenvalue weighted by atomic mass is 10.3. The van der Waals surface area contributed by atoms with E-state index in [9.17, 15) is 4.79 Å². The fourth-order valence-electron chi connectivity index (χ4n) is 1.93. The first-order valence-corrected chi connectivity index (χ1v) is 6.86. The lowest BCUT2D eigenvalue weighted by Crippen LogP contribution is -2.20. The van der Waals surface area contributed by atoms with Crippen LogP contribution in [0.15, 0.2) is 0 Å². The molecule has 0 aliphatic heterocycles. The van der Waals surface area contributed by atoms with Crippen molar-refractivity contribution in [2.45, 2.75) is 19.4 Å². The predicted octanol–water partition coefficient (Wildman–Crippen LogP) is 0.635. The SMILES string of the molecule is COC(=O)c1c(NCC2CC2)nn(CCN(C)C)c1N. The van der Waals surface area contributed by atoms with Crippen molar-refractivity contribution in [3.8, 4) is 0 Å². The number of ether oxygens (including phenoxy) is 1. The normalized spacial score (nSPS) is 14.6. The van der Waals surface area contributed by atoms with Gasteiger partial charge in [0.15, 0.2) is 5.82 Å². The molecule has 0 amide bonds. The summed E-state index contributed by atoms with van der Waals surface area (Å²) < 4.78 is 6.45. The van der Waals surface area contributed by atoms with E-state index in [0.29, 0.717) is 29.7 Å². The molecule has 1 fully saturated rings. The highest BCUT2D eigenvalue weighted by atomic mass is 16.5. The molecule has 1 aromatic rings. The molecule has 0 atom stereocenters. The Bertz CT molecular complexity index is 479. The highest BCUT2D eigenvalue weighted by Gasteiger charge is 2.26. The number of hydrogen-bond acceptors (Lipinski definition) is 6. The van der Waals surface area contributed by atoms with E-state index in [-0.39, 0.29) is 0 Å². The summed E-state index contributed by atoms with van der Waals surface area (Å²) in [6.07, 6.45) is 2.47. The second kappa shape index (κ2) is 6.13. The molecule has 0 saturated heterocycles. The maximum Gasteiger partial charge on any atom is 0.345 e. The third-order valence-corrected chi connectivity index (χ3v) is 3.40. The number of nitrogen functional groups attached to an aromatic ring is 1. The molecule has 7 heteroatoms. The first-order valence-electron chi connectivity index (χ1n) is 6.86. The molecule has 20 heavy (non-hydrogen) atoms. The summed E-state index contributed by atoms with van der Waals surface area (Å²) in [5.41, 5.74) is 6.37. The average Bonchev–Trinajstić information content (AvgIpc) is 3.18. The zero-order valence-electron chi connectivity index (χ0n) is 12.3. The molecule has 2 rings (SSSR count). The number of esters is 1. The molecule has 1 aliphatic carbocycles. The van der Waals surface area contributed by atoms with E-state index in [2.05, 4.69) is 10.4 Å². The maximum atomic E-state index is 11.9. The second-order valence-electron chi connectivity index (χ2n) is 5.45. The molecule has 0 bridgehead atoms. The van der Waals surface area contributed by atoms with Gasteiger partial charge in [0, 0.05) is 13.1 Å². The highest BCUT2D eigenvalue weighted by Crippen LogP contribution is 2.30. The molecule has 7 nitrogen and oxygen atoms in total. The smallest absolute Gasteiger partial charge is 0.345 e. The molecule has 0 aromatic carbocycles. The van der Waals surface area contributed by atoms with Gasteiger partial charge in [0.25, 0.3) is 0 Å². The van der Waals surface area contributed by atoms with Crippen LogP contribution >= 0.6 is 0 Å². The third kappa shape index (κ3) is 3.41. The summed E-state index contributed by atoms with van der Waals surface area (Å²) in [4.78, 5) is 13.9. The van der Waals surface area contributed by atoms with E-state index in [1.54, 1.807) is 4.68 Å². The number of methoxy groups -OCH3 is 1. The molecule has 1 saturated carbocycles. The number of nitrogens with two attached hydrogens (primary N) is 1.